The lowest BCUT2D eigenvalue weighted by molar-refractivity contribution is -0.117. The lowest BCUT2D eigenvalue weighted by Crippen LogP contribution is -2.49. The van der Waals surface area contributed by atoms with Crippen molar-refractivity contribution in [3.8, 4) is 11.5 Å². The number of amides is 1. The molecule has 0 saturated carbocycles. The Hall–Kier alpha value is -2.58. The minimum Gasteiger partial charge on any atom is -0.494 e. The van der Waals surface area contributed by atoms with Gasteiger partial charge in [0.1, 0.15) is 23.9 Å². The number of piperazine rings is 1. The van der Waals surface area contributed by atoms with Gasteiger partial charge in [0.2, 0.25) is 5.91 Å². The molecule has 0 spiro atoms. The van der Waals surface area contributed by atoms with Crippen LogP contribution in [-0.2, 0) is 4.79 Å². The molecule has 1 aromatic heterocycles. The maximum absolute atomic E-state index is 12.1. The van der Waals surface area contributed by atoms with Gasteiger partial charge in [-0.1, -0.05) is 5.16 Å². The molecule has 152 valence electrons. The molecule has 1 aromatic carbocycles. The number of hydrogen-bond acceptors (Lipinski definition) is 7. The highest BCUT2D eigenvalue weighted by atomic mass is 16.5. The van der Waals surface area contributed by atoms with Crippen LogP contribution in [0.25, 0.3) is 0 Å². The maximum Gasteiger partial charge on any atom is 0.239 e. The van der Waals surface area contributed by atoms with Gasteiger partial charge in [-0.05, 0) is 38.1 Å². The van der Waals surface area contributed by atoms with Crippen molar-refractivity contribution in [2.24, 2.45) is 0 Å². The summed E-state index contributed by atoms with van der Waals surface area (Å²) in [6, 6.07) is 9.40. The van der Waals surface area contributed by atoms with E-state index < -0.39 is 0 Å². The second kappa shape index (κ2) is 10.1. The minimum atomic E-state index is -0.0689. The average Bonchev–Trinajstić information content (AvgIpc) is 3.09. The zero-order valence-electron chi connectivity index (χ0n) is 16.5. The van der Waals surface area contributed by atoms with Gasteiger partial charge in [-0.15, -0.1) is 0 Å². The van der Waals surface area contributed by atoms with E-state index in [1.165, 1.54) is 0 Å². The van der Waals surface area contributed by atoms with Crippen LogP contribution >= 0.6 is 0 Å². The van der Waals surface area contributed by atoms with Crippen LogP contribution in [0.3, 0.4) is 0 Å². The van der Waals surface area contributed by atoms with Gasteiger partial charge in [-0.25, -0.2) is 0 Å². The Kier molecular flexibility index (Phi) is 7.27. The predicted octanol–water partition coefficient (Wildman–Crippen LogP) is 2.02. The van der Waals surface area contributed by atoms with Gasteiger partial charge in [-0.2, -0.15) is 0 Å². The van der Waals surface area contributed by atoms with Crippen molar-refractivity contribution < 1.29 is 18.8 Å². The summed E-state index contributed by atoms with van der Waals surface area (Å²) in [5, 5.41) is 6.54. The largest absolute Gasteiger partial charge is 0.494 e. The van der Waals surface area contributed by atoms with Crippen LogP contribution in [0.4, 0.5) is 5.82 Å². The van der Waals surface area contributed by atoms with Crippen LogP contribution in [0, 0.1) is 6.92 Å². The second-order valence-corrected chi connectivity index (χ2v) is 6.74. The summed E-state index contributed by atoms with van der Waals surface area (Å²) in [7, 11) is 0. The molecule has 3 rings (SSSR count). The monoisotopic (exact) mass is 388 g/mol. The van der Waals surface area contributed by atoms with E-state index in [9.17, 15) is 4.79 Å². The fourth-order valence-electron chi connectivity index (χ4n) is 3.07. The number of carbonyl (C=O) groups excluding carboxylic acids is 1. The van der Waals surface area contributed by atoms with E-state index in [0.717, 1.165) is 44.2 Å². The van der Waals surface area contributed by atoms with Crippen molar-refractivity contribution in [2.75, 3.05) is 57.8 Å². The smallest absolute Gasteiger partial charge is 0.239 e. The van der Waals surface area contributed by atoms with Crippen molar-refractivity contribution in [3.63, 3.8) is 0 Å². The van der Waals surface area contributed by atoms with E-state index >= 15 is 0 Å². The number of hydrogen-bond donors (Lipinski definition) is 1. The third kappa shape index (κ3) is 6.24. The fraction of sp³-hybridized carbons (Fsp3) is 0.500. The van der Waals surface area contributed by atoms with Gasteiger partial charge in [0.25, 0.3) is 0 Å². The highest BCUT2D eigenvalue weighted by Gasteiger charge is 2.19. The molecule has 0 bridgehead atoms. The molecule has 2 aromatic rings. The van der Waals surface area contributed by atoms with E-state index in [1.807, 2.05) is 31.2 Å². The van der Waals surface area contributed by atoms with E-state index in [-0.39, 0.29) is 5.91 Å². The first kappa shape index (κ1) is 20.2. The molecule has 8 nitrogen and oxygen atoms in total. The molecule has 1 aliphatic rings. The molecule has 0 atom stereocenters. The van der Waals surface area contributed by atoms with Crippen molar-refractivity contribution in [1.29, 1.82) is 0 Å². The highest BCUT2D eigenvalue weighted by Crippen LogP contribution is 2.17. The van der Waals surface area contributed by atoms with E-state index in [0.29, 0.717) is 31.3 Å². The summed E-state index contributed by atoms with van der Waals surface area (Å²) < 4.78 is 16.2. The van der Waals surface area contributed by atoms with Crippen LogP contribution in [0.1, 0.15) is 12.7 Å². The number of nitrogens with one attached hydrogen (secondary N) is 1. The molecule has 1 N–H and O–H groups in total. The molecule has 1 amide bonds. The quantitative estimate of drug-likeness (QED) is 0.704. The molecular weight excluding hydrogens is 360 g/mol. The molecule has 0 radical (unpaired) electrons. The molecule has 1 aliphatic heterocycles. The third-order valence-electron chi connectivity index (χ3n) is 4.54. The first-order valence-electron chi connectivity index (χ1n) is 9.66. The fourth-order valence-corrected chi connectivity index (χ4v) is 3.07. The second-order valence-electron chi connectivity index (χ2n) is 6.74. The van der Waals surface area contributed by atoms with Gasteiger partial charge in [0, 0.05) is 38.8 Å². The summed E-state index contributed by atoms with van der Waals surface area (Å²) in [6.45, 7) is 9.84. The summed E-state index contributed by atoms with van der Waals surface area (Å²) in [6.07, 6.45) is 0. The molecule has 1 saturated heterocycles. The highest BCUT2D eigenvalue weighted by molar-refractivity contribution is 5.91. The van der Waals surface area contributed by atoms with E-state index in [1.54, 1.807) is 13.0 Å². The van der Waals surface area contributed by atoms with Crippen molar-refractivity contribution >= 4 is 11.7 Å². The zero-order valence-corrected chi connectivity index (χ0v) is 16.5. The van der Waals surface area contributed by atoms with Crippen LogP contribution in [-0.4, -0.2) is 73.3 Å². The van der Waals surface area contributed by atoms with Gasteiger partial charge in [0.15, 0.2) is 5.82 Å². The lowest BCUT2D eigenvalue weighted by atomic mass is 10.3. The maximum atomic E-state index is 12.1. The van der Waals surface area contributed by atoms with Crippen LogP contribution in [0.2, 0.25) is 0 Å². The molecular formula is C20H28N4O4. The van der Waals surface area contributed by atoms with Crippen LogP contribution in [0.15, 0.2) is 34.9 Å². The van der Waals surface area contributed by atoms with Gasteiger partial charge >= 0.3 is 0 Å². The standard InChI is InChI=1S/C20H28N4O4/c1-3-26-17-4-6-18(7-5-17)27-13-12-23-8-10-24(11-9-23)15-20(25)21-19-14-16(2)28-22-19/h4-7,14H,3,8-13,15H2,1-2H3,(H,21,22,25). The molecule has 8 heteroatoms. The Bertz CT molecular complexity index is 739. The van der Waals surface area contributed by atoms with Crippen molar-refractivity contribution in [1.82, 2.24) is 15.0 Å². The van der Waals surface area contributed by atoms with Crippen LogP contribution in [0.5, 0.6) is 11.5 Å². The van der Waals surface area contributed by atoms with Gasteiger partial charge in [-0.3, -0.25) is 14.6 Å². The molecule has 0 unspecified atom stereocenters. The number of carbonyl (C=O) groups is 1. The Labute approximate surface area is 165 Å². The Morgan fingerprint density at radius 3 is 2.36 bits per heavy atom. The van der Waals surface area contributed by atoms with Gasteiger partial charge in [0.05, 0.1) is 13.2 Å². The van der Waals surface area contributed by atoms with Gasteiger partial charge < -0.3 is 19.3 Å². The number of benzene rings is 1. The average molecular weight is 388 g/mol. The summed E-state index contributed by atoms with van der Waals surface area (Å²) >= 11 is 0. The normalized spacial score (nSPS) is 15.4. The first-order chi connectivity index (χ1) is 13.6. The number of aromatic nitrogens is 1. The molecule has 2 heterocycles. The lowest BCUT2D eigenvalue weighted by Gasteiger charge is -2.34. The predicted molar refractivity (Wildman–Crippen MR) is 106 cm³/mol. The number of anilines is 1. The van der Waals surface area contributed by atoms with Crippen molar-refractivity contribution in [2.45, 2.75) is 13.8 Å². The number of ether oxygens (including phenoxy) is 2. The SMILES string of the molecule is CCOc1ccc(OCCN2CCN(CC(=O)Nc3cc(C)on3)CC2)cc1. The van der Waals surface area contributed by atoms with E-state index in [4.69, 9.17) is 14.0 Å². The Morgan fingerprint density at radius 2 is 1.75 bits per heavy atom. The summed E-state index contributed by atoms with van der Waals surface area (Å²) in [5.74, 6) is 2.78. The first-order valence-corrected chi connectivity index (χ1v) is 9.66. The third-order valence-corrected chi connectivity index (χ3v) is 4.54. The molecule has 28 heavy (non-hydrogen) atoms. The molecule has 1 fully saturated rings. The minimum absolute atomic E-state index is 0.0689. The van der Waals surface area contributed by atoms with Crippen molar-refractivity contribution in [3.05, 3.63) is 36.1 Å². The zero-order chi connectivity index (χ0) is 19.8. The summed E-state index contributed by atoms with van der Waals surface area (Å²) in [4.78, 5) is 16.6. The topological polar surface area (TPSA) is 80.1 Å². The summed E-state index contributed by atoms with van der Waals surface area (Å²) in [5.41, 5.74) is 0. The number of nitrogens with zero attached hydrogens (tertiary/aromatic N) is 3. The molecule has 0 aliphatic carbocycles. The Morgan fingerprint density at radius 1 is 1.11 bits per heavy atom. The Balaban J connectivity index is 1.31. The van der Waals surface area contributed by atoms with E-state index in [2.05, 4.69) is 20.3 Å². The van der Waals surface area contributed by atoms with Crippen LogP contribution < -0.4 is 14.8 Å². The number of aryl methyl sites for hydroxylation is 1. The number of rotatable bonds is 9.